The van der Waals surface area contributed by atoms with Crippen molar-refractivity contribution in [2.75, 3.05) is 0 Å². The number of carbonyl (C=O) groups is 3. The average molecular weight is 459 g/mol. The van der Waals surface area contributed by atoms with E-state index in [-0.39, 0.29) is 41.7 Å². The van der Waals surface area contributed by atoms with Gasteiger partial charge in [-0.05, 0) is 60.5 Å². The highest BCUT2D eigenvalue weighted by Gasteiger charge is 2.81. The summed E-state index contributed by atoms with van der Waals surface area (Å²) in [6.45, 7) is 12.1. The lowest BCUT2D eigenvalue weighted by Crippen LogP contribution is -2.77. The lowest BCUT2D eigenvalue weighted by Gasteiger charge is -2.76. The predicted octanol–water partition coefficient (Wildman–Crippen LogP) is 3.54. The van der Waals surface area contributed by atoms with Crippen LogP contribution in [0, 0.1) is 45.3 Å². The number of fused-ring (bicyclic) bond motifs is 3. The van der Waals surface area contributed by atoms with E-state index in [9.17, 15) is 29.7 Å². The maximum atomic E-state index is 13.7. The molecule has 5 rings (SSSR count). The van der Waals surface area contributed by atoms with Gasteiger partial charge >= 0.3 is 5.97 Å². The van der Waals surface area contributed by atoms with Gasteiger partial charge in [0.15, 0.2) is 0 Å². The van der Waals surface area contributed by atoms with Crippen molar-refractivity contribution >= 4 is 17.5 Å². The van der Waals surface area contributed by atoms with Crippen LogP contribution in [0.1, 0.15) is 80.1 Å². The van der Waals surface area contributed by atoms with Crippen LogP contribution in [0.5, 0.6) is 0 Å². The van der Waals surface area contributed by atoms with Crippen molar-refractivity contribution in [1.29, 1.82) is 0 Å². The number of aliphatic hydroxyl groups excluding tert-OH is 1. The van der Waals surface area contributed by atoms with Gasteiger partial charge in [0.25, 0.3) is 0 Å². The summed E-state index contributed by atoms with van der Waals surface area (Å²) in [7, 11) is 0. The third-order valence-corrected chi connectivity index (χ3v) is 11.6. The van der Waals surface area contributed by atoms with Gasteiger partial charge in [0.05, 0.1) is 17.1 Å². The number of carboxylic acids is 1. The molecule has 9 atom stereocenters. The minimum atomic E-state index is -1.19. The van der Waals surface area contributed by atoms with Gasteiger partial charge in [-0.2, -0.15) is 0 Å². The second kappa shape index (κ2) is 6.37. The second-order valence-corrected chi connectivity index (χ2v) is 13.1. The summed E-state index contributed by atoms with van der Waals surface area (Å²) in [4.78, 5) is 38.1. The minimum Gasteiger partial charge on any atom is -0.481 e. The summed E-state index contributed by atoms with van der Waals surface area (Å²) < 4.78 is 0. The van der Waals surface area contributed by atoms with Gasteiger partial charge in [0.1, 0.15) is 11.6 Å². The normalized spacial score (nSPS) is 50.4. The number of hydrogen-bond donors (Lipinski definition) is 3. The zero-order chi connectivity index (χ0) is 24.5. The van der Waals surface area contributed by atoms with Gasteiger partial charge in [-0.15, -0.1) is 0 Å². The van der Waals surface area contributed by atoms with Crippen LogP contribution in [0.2, 0.25) is 0 Å². The van der Waals surface area contributed by atoms with Crippen LogP contribution in [-0.2, 0) is 14.4 Å². The van der Waals surface area contributed by atoms with Crippen LogP contribution in [-0.4, -0.2) is 44.6 Å². The summed E-state index contributed by atoms with van der Waals surface area (Å²) in [5.41, 5.74) is -2.10. The van der Waals surface area contributed by atoms with E-state index in [0.717, 1.165) is 11.1 Å². The highest BCUT2D eigenvalue weighted by Crippen LogP contribution is 2.81. The lowest BCUT2D eigenvalue weighted by molar-refractivity contribution is -0.234. The van der Waals surface area contributed by atoms with Crippen molar-refractivity contribution in [3.63, 3.8) is 0 Å². The van der Waals surface area contributed by atoms with Gasteiger partial charge in [-0.1, -0.05) is 34.6 Å². The number of Topliss-reactive ketones (excluding diaryl/α,β-unsaturated/α-hetero) is 2. The number of carbonyl (C=O) groups excluding carboxylic acids is 2. The molecule has 0 spiro atoms. The average Bonchev–Trinajstić information content (AvgIpc) is 2.91. The SMILES string of the molecule is CC(CCC(=O)O)C1CC(=O)C2(C)C3=C4C(O)(CC12C)C1CC(=O)C(C)(C)C(CC3O)C41C. The van der Waals surface area contributed by atoms with Crippen molar-refractivity contribution in [3.05, 3.63) is 11.1 Å². The molecule has 6 heteroatoms. The number of aliphatic carboxylic acids is 1. The Bertz CT molecular complexity index is 1010. The molecule has 182 valence electrons. The van der Waals surface area contributed by atoms with E-state index in [1.54, 1.807) is 0 Å². The molecular formula is C27H38O6. The van der Waals surface area contributed by atoms with Crippen LogP contribution in [0.3, 0.4) is 0 Å². The number of carboxylic acid groups (broad SMARTS) is 1. The molecule has 0 radical (unpaired) electrons. The molecule has 3 fully saturated rings. The number of aliphatic hydroxyl groups is 2. The Hall–Kier alpha value is -1.53. The van der Waals surface area contributed by atoms with Crippen LogP contribution in [0.15, 0.2) is 11.1 Å². The Balaban J connectivity index is 1.68. The Kier molecular flexibility index (Phi) is 4.48. The third-order valence-electron chi connectivity index (χ3n) is 11.6. The van der Waals surface area contributed by atoms with Gasteiger partial charge in [0, 0.05) is 36.0 Å². The maximum absolute atomic E-state index is 13.7. The fraction of sp³-hybridized carbons (Fsp3) is 0.815. The molecule has 3 N–H and O–H groups in total. The number of rotatable bonds is 4. The molecule has 6 nitrogen and oxygen atoms in total. The van der Waals surface area contributed by atoms with E-state index in [1.807, 2.05) is 27.7 Å². The topological polar surface area (TPSA) is 112 Å². The first-order valence-electron chi connectivity index (χ1n) is 12.5. The quantitative estimate of drug-likeness (QED) is 0.556. The molecule has 5 aliphatic carbocycles. The van der Waals surface area contributed by atoms with E-state index in [2.05, 4.69) is 13.8 Å². The first-order chi connectivity index (χ1) is 15.1. The molecule has 0 aromatic carbocycles. The molecule has 0 aromatic heterocycles. The zero-order valence-electron chi connectivity index (χ0n) is 20.7. The van der Waals surface area contributed by atoms with E-state index in [0.29, 0.717) is 32.1 Å². The maximum Gasteiger partial charge on any atom is 0.303 e. The van der Waals surface area contributed by atoms with Crippen molar-refractivity contribution in [1.82, 2.24) is 0 Å². The Labute approximate surface area is 195 Å². The minimum absolute atomic E-state index is 0.00510. The van der Waals surface area contributed by atoms with Gasteiger partial charge in [-0.25, -0.2) is 0 Å². The molecule has 0 bridgehead atoms. The summed E-state index contributed by atoms with van der Waals surface area (Å²) >= 11 is 0. The van der Waals surface area contributed by atoms with Crippen molar-refractivity contribution in [3.8, 4) is 0 Å². The van der Waals surface area contributed by atoms with Crippen LogP contribution < -0.4 is 0 Å². The highest BCUT2D eigenvalue weighted by molar-refractivity contribution is 5.94. The summed E-state index contributed by atoms with van der Waals surface area (Å²) in [5, 5.41) is 33.0. The zero-order valence-corrected chi connectivity index (χ0v) is 20.7. The highest BCUT2D eigenvalue weighted by atomic mass is 16.4. The van der Waals surface area contributed by atoms with Crippen LogP contribution >= 0.6 is 0 Å². The summed E-state index contributed by atoms with van der Waals surface area (Å²) in [6.07, 6.45) is 1.13. The van der Waals surface area contributed by atoms with Gasteiger partial charge < -0.3 is 15.3 Å². The van der Waals surface area contributed by atoms with Crippen LogP contribution in [0.4, 0.5) is 0 Å². The molecule has 33 heavy (non-hydrogen) atoms. The first-order valence-corrected chi connectivity index (χ1v) is 12.5. The van der Waals surface area contributed by atoms with E-state index >= 15 is 0 Å². The van der Waals surface area contributed by atoms with Crippen molar-refractivity contribution < 1.29 is 29.7 Å². The predicted molar refractivity (Wildman–Crippen MR) is 121 cm³/mol. The number of hydrogen-bond acceptors (Lipinski definition) is 5. The Morgan fingerprint density at radius 1 is 1.06 bits per heavy atom. The Morgan fingerprint density at radius 3 is 2.30 bits per heavy atom. The molecule has 0 saturated heterocycles. The smallest absolute Gasteiger partial charge is 0.303 e. The standard InChI is InChI=1S/C27H38O6/c1-13(7-8-20(31)32)14-9-19(30)26(6)21-15(28)10-16-23(2,3)18(29)11-17-25(16,5)22(21)27(17,33)12-24(14,26)4/h13-17,28,33H,7-12H2,1-6H3,(H,31,32). The summed E-state index contributed by atoms with van der Waals surface area (Å²) in [6, 6.07) is 0. The largest absolute Gasteiger partial charge is 0.481 e. The van der Waals surface area contributed by atoms with E-state index < -0.39 is 39.3 Å². The molecule has 0 aromatic rings. The van der Waals surface area contributed by atoms with E-state index in [4.69, 9.17) is 0 Å². The van der Waals surface area contributed by atoms with Crippen molar-refractivity contribution in [2.24, 2.45) is 45.3 Å². The molecule has 5 aliphatic rings. The van der Waals surface area contributed by atoms with Gasteiger partial charge in [0.2, 0.25) is 0 Å². The molecule has 9 unspecified atom stereocenters. The first kappa shape index (κ1) is 23.2. The monoisotopic (exact) mass is 458 g/mol. The molecular weight excluding hydrogens is 420 g/mol. The second-order valence-electron chi connectivity index (χ2n) is 13.1. The van der Waals surface area contributed by atoms with Gasteiger partial charge in [-0.3, -0.25) is 14.4 Å². The molecule has 3 saturated carbocycles. The molecule has 0 amide bonds. The molecule has 0 aliphatic heterocycles. The van der Waals surface area contributed by atoms with E-state index in [1.165, 1.54) is 0 Å². The summed E-state index contributed by atoms with van der Waals surface area (Å²) in [5.74, 6) is -0.976. The molecule has 0 heterocycles. The Morgan fingerprint density at radius 2 is 1.70 bits per heavy atom. The fourth-order valence-electron chi connectivity index (χ4n) is 9.81. The third kappa shape index (κ3) is 2.35. The van der Waals surface area contributed by atoms with Crippen molar-refractivity contribution in [2.45, 2.75) is 91.8 Å². The number of ketones is 2. The lowest BCUT2D eigenvalue weighted by atomic mass is 9.28. The fourth-order valence-corrected chi connectivity index (χ4v) is 9.81. The van der Waals surface area contributed by atoms with Crippen LogP contribution in [0.25, 0.3) is 0 Å².